The molecular formula is C23H17ClN2O3S2. The molecule has 0 unspecified atom stereocenters. The molecule has 8 heteroatoms. The molecule has 5 nitrogen and oxygen atoms in total. The Morgan fingerprint density at radius 1 is 1.19 bits per heavy atom. The number of halogens is 1. The summed E-state index contributed by atoms with van der Waals surface area (Å²) in [7, 11) is 1.58. The van der Waals surface area contributed by atoms with E-state index in [2.05, 4.69) is 5.43 Å². The molecule has 1 aliphatic rings. The zero-order valence-electron chi connectivity index (χ0n) is 16.6. The minimum absolute atomic E-state index is 0.229. The molecule has 0 radical (unpaired) electrons. The molecule has 1 aliphatic heterocycles. The summed E-state index contributed by atoms with van der Waals surface area (Å²) in [6, 6.07) is 16.7. The first-order valence-electron chi connectivity index (χ1n) is 9.30. The van der Waals surface area contributed by atoms with Gasteiger partial charge in [-0.05, 0) is 59.8 Å². The van der Waals surface area contributed by atoms with Gasteiger partial charge in [0, 0.05) is 5.56 Å². The maximum atomic E-state index is 13.0. The number of nitrogens with zero attached hydrogens (tertiary/aromatic N) is 1. The largest absolute Gasteiger partial charge is 0.496 e. The second-order valence-corrected chi connectivity index (χ2v) is 8.93. The van der Waals surface area contributed by atoms with Crippen LogP contribution in [0.3, 0.4) is 0 Å². The quantitative estimate of drug-likeness (QED) is 0.413. The van der Waals surface area contributed by atoms with E-state index in [0.29, 0.717) is 15.7 Å². The molecule has 0 bridgehead atoms. The number of amides is 2. The molecule has 0 atom stereocenters. The Labute approximate surface area is 194 Å². The van der Waals surface area contributed by atoms with Gasteiger partial charge in [-0.3, -0.25) is 15.0 Å². The van der Waals surface area contributed by atoms with Crippen LogP contribution in [0.1, 0.15) is 21.5 Å². The van der Waals surface area contributed by atoms with Gasteiger partial charge in [-0.2, -0.15) is 5.01 Å². The summed E-state index contributed by atoms with van der Waals surface area (Å²) in [4.78, 5) is 26.1. The van der Waals surface area contributed by atoms with Gasteiger partial charge in [-0.1, -0.05) is 59.8 Å². The molecule has 1 heterocycles. The Hall–Kier alpha value is -2.87. The fourth-order valence-corrected chi connectivity index (χ4v) is 4.75. The highest BCUT2D eigenvalue weighted by atomic mass is 35.5. The van der Waals surface area contributed by atoms with Gasteiger partial charge in [0.15, 0.2) is 4.32 Å². The number of methoxy groups -OCH3 is 1. The number of ether oxygens (including phenoxy) is 1. The second-order valence-electron chi connectivity index (χ2n) is 6.84. The standard InChI is InChI=1S/C23H17ClN2O3S2/c1-13-7-9-16(18(24)11-13)21(27)25-26-22(28)20(31-23(26)30)12-17-15-6-4-3-5-14(15)8-10-19(17)29-2/h3-12H,1-2H3,(H,25,27)/b20-12+. The normalized spacial score (nSPS) is 15.1. The van der Waals surface area contributed by atoms with Crippen LogP contribution in [-0.4, -0.2) is 28.3 Å². The summed E-state index contributed by atoms with van der Waals surface area (Å²) in [5, 5.41) is 3.34. The third-order valence-electron chi connectivity index (χ3n) is 4.80. The zero-order valence-corrected chi connectivity index (χ0v) is 19.0. The molecular weight excluding hydrogens is 452 g/mol. The third kappa shape index (κ3) is 4.17. The van der Waals surface area contributed by atoms with E-state index in [1.807, 2.05) is 43.3 Å². The highest BCUT2D eigenvalue weighted by Crippen LogP contribution is 2.36. The smallest absolute Gasteiger partial charge is 0.285 e. The average molecular weight is 469 g/mol. The van der Waals surface area contributed by atoms with E-state index in [1.165, 1.54) is 0 Å². The fourth-order valence-electron chi connectivity index (χ4n) is 3.26. The topological polar surface area (TPSA) is 58.6 Å². The van der Waals surface area contributed by atoms with Gasteiger partial charge in [0.05, 0.1) is 22.6 Å². The van der Waals surface area contributed by atoms with Crippen molar-refractivity contribution in [3.05, 3.63) is 81.2 Å². The van der Waals surface area contributed by atoms with Crippen LogP contribution in [0.15, 0.2) is 59.5 Å². The Balaban J connectivity index is 1.65. The highest BCUT2D eigenvalue weighted by molar-refractivity contribution is 8.26. The van der Waals surface area contributed by atoms with Gasteiger partial charge in [-0.15, -0.1) is 0 Å². The Kier molecular flexibility index (Phi) is 6.00. The van der Waals surface area contributed by atoms with Crippen molar-refractivity contribution in [1.82, 2.24) is 10.4 Å². The monoisotopic (exact) mass is 468 g/mol. The number of carbonyl (C=O) groups is 2. The van der Waals surface area contributed by atoms with E-state index in [9.17, 15) is 9.59 Å². The summed E-state index contributed by atoms with van der Waals surface area (Å²) in [5.41, 5.74) is 4.53. The molecule has 4 rings (SSSR count). The minimum Gasteiger partial charge on any atom is -0.496 e. The lowest BCUT2D eigenvalue weighted by Gasteiger charge is -2.16. The van der Waals surface area contributed by atoms with Gasteiger partial charge in [0.2, 0.25) is 0 Å². The van der Waals surface area contributed by atoms with Crippen LogP contribution < -0.4 is 10.2 Å². The molecule has 156 valence electrons. The maximum absolute atomic E-state index is 13.0. The van der Waals surface area contributed by atoms with Crippen molar-refractivity contribution < 1.29 is 14.3 Å². The molecule has 0 spiro atoms. The molecule has 1 fully saturated rings. The van der Waals surface area contributed by atoms with Crippen LogP contribution in [0, 0.1) is 6.92 Å². The van der Waals surface area contributed by atoms with Gasteiger partial charge < -0.3 is 4.74 Å². The molecule has 1 N–H and O–H groups in total. The SMILES string of the molecule is COc1ccc2ccccc2c1/C=C1/SC(=S)N(NC(=O)c2ccc(C)cc2Cl)C1=O. The van der Waals surface area contributed by atoms with Crippen LogP contribution in [0.2, 0.25) is 5.02 Å². The molecule has 0 aromatic heterocycles. The van der Waals surface area contributed by atoms with Crippen molar-refractivity contribution in [2.24, 2.45) is 0 Å². The molecule has 1 saturated heterocycles. The number of hydrogen-bond donors (Lipinski definition) is 1. The summed E-state index contributed by atoms with van der Waals surface area (Å²) in [6.07, 6.45) is 1.74. The summed E-state index contributed by atoms with van der Waals surface area (Å²) in [6.45, 7) is 1.88. The van der Waals surface area contributed by atoms with Gasteiger partial charge in [0.1, 0.15) is 5.75 Å². The van der Waals surface area contributed by atoms with E-state index in [1.54, 1.807) is 31.4 Å². The summed E-state index contributed by atoms with van der Waals surface area (Å²) < 4.78 is 5.73. The molecule has 3 aromatic carbocycles. The Morgan fingerprint density at radius 3 is 2.71 bits per heavy atom. The van der Waals surface area contributed by atoms with E-state index in [4.69, 9.17) is 28.6 Å². The first-order valence-corrected chi connectivity index (χ1v) is 10.9. The van der Waals surface area contributed by atoms with E-state index in [0.717, 1.165) is 38.7 Å². The number of benzene rings is 3. The predicted molar refractivity (Wildman–Crippen MR) is 129 cm³/mol. The third-order valence-corrected chi connectivity index (χ3v) is 6.42. The molecule has 0 saturated carbocycles. The van der Waals surface area contributed by atoms with Gasteiger partial charge in [-0.25, -0.2) is 0 Å². The number of hydrazine groups is 1. The minimum atomic E-state index is -0.509. The first kappa shape index (κ1) is 21.4. The van der Waals surface area contributed by atoms with Crippen LogP contribution in [0.5, 0.6) is 5.75 Å². The number of carbonyl (C=O) groups excluding carboxylic acids is 2. The van der Waals surface area contributed by atoms with Crippen LogP contribution in [0.25, 0.3) is 16.8 Å². The van der Waals surface area contributed by atoms with Gasteiger partial charge >= 0.3 is 0 Å². The number of aryl methyl sites for hydroxylation is 1. The number of hydrogen-bond acceptors (Lipinski definition) is 5. The lowest BCUT2D eigenvalue weighted by molar-refractivity contribution is -0.123. The van der Waals surface area contributed by atoms with Crippen LogP contribution >= 0.6 is 35.6 Å². The van der Waals surface area contributed by atoms with Crippen molar-refractivity contribution in [2.45, 2.75) is 6.92 Å². The number of rotatable bonds is 4. The van der Waals surface area contributed by atoms with Crippen molar-refractivity contribution in [2.75, 3.05) is 7.11 Å². The first-order chi connectivity index (χ1) is 14.9. The molecule has 3 aromatic rings. The molecule has 31 heavy (non-hydrogen) atoms. The van der Waals surface area contributed by atoms with Crippen molar-refractivity contribution in [3.8, 4) is 5.75 Å². The summed E-state index contributed by atoms with van der Waals surface area (Å²) in [5.74, 6) is -0.286. The lowest BCUT2D eigenvalue weighted by Crippen LogP contribution is -2.44. The fraction of sp³-hybridized carbons (Fsp3) is 0.0870. The van der Waals surface area contributed by atoms with E-state index >= 15 is 0 Å². The Morgan fingerprint density at radius 2 is 1.97 bits per heavy atom. The maximum Gasteiger partial charge on any atom is 0.285 e. The molecule has 2 amide bonds. The lowest BCUT2D eigenvalue weighted by atomic mass is 10.0. The summed E-state index contributed by atoms with van der Waals surface area (Å²) >= 11 is 12.6. The number of thioether (sulfide) groups is 1. The molecule has 0 aliphatic carbocycles. The van der Waals surface area contributed by atoms with E-state index in [-0.39, 0.29) is 9.88 Å². The van der Waals surface area contributed by atoms with Crippen molar-refractivity contribution in [3.63, 3.8) is 0 Å². The van der Waals surface area contributed by atoms with Crippen molar-refractivity contribution >= 4 is 68.6 Å². The van der Waals surface area contributed by atoms with Gasteiger partial charge in [0.25, 0.3) is 11.8 Å². The number of fused-ring (bicyclic) bond motifs is 1. The number of thiocarbonyl (C=S) groups is 1. The zero-order chi connectivity index (χ0) is 22.1. The van der Waals surface area contributed by atoms with Crippen LogP contribution in [-0.2, 0) is 4.79 Å². The number of nitrogens with one attached hydrogen (secondary N) is 1. The van der Waals surface area contributed by atoms with E-state index < -0.39 is 11.8 Å². The van der Waals surface area contributed by atoms with Crippen molar-refractivity contribution in [1.29, 1.82) is 0 Å². The predicted octanol–water partition coefficient (Wildman–Crippen LogP) is 5.36. The highest BCUT2D eigenvalue weighted by Gasteiger charge is 2.34. The average Bonchev–Trinajstić information content (AvgIpc) is 3.01. The Bertz CT molecular complexity index is 1270. The van der Waals surface area contributed by atoms with Crippen LogP contribution in [0.4, 0.5) is 0 Å². The second kappa shape index (κ2) is 8.70.